The van der Waals surface area contributed by atoms with Crippen molar-refractivity contribution in [2.45, 2.75) is 35.7 Å². The summed E-state index contributed by atoms with van der Waals surface area (Å²) >= 11 is 0. The Morgan fingerprint density at radius 1 is 1.09 bits per heavy atom. The van der Waals surface area contributed by atoms with Gasteiger partial charge >= 0.3 is 0 Å². The third-order valence-corrected chi connectivity index (χ3v) is 8.92. The van der Waals surface area contributed by atoms with Gasteiger partial charge in [0.25, 0.3) is 0 Å². The zero-order valence-corrected chi connectivity index (χ0v) is 19.1. The topological polar surface area (TPSA) is 108 Å². The molecule has 8 nitrogen and oxygen atoms in total. The highest BCUT2D eigenvalue weighted by molar-refractivity contribution is 7.91. The molecule has 1 aliphatic carbocycles. The molecule has 0 radical (unpaired) electrons. The van der Waals surface area contributed by atoms with Gasteiger partial charge in [-0.3, -0.25) is 4.98 Å². The molecule has 3 aromatic rings. The van der Waals surface area contributed by atoms with E-state index >= 15 is 0 Å². The fourth-order valence-electron chi connectivity index (χ4n) is 4.81. The standard InChI is InChI=1S/C24H25N5O3S/c1-2-33(31,32)18-3-4-19-21(10-18)29(15-23(19)6-7-23)22-27-11-16(12-28-22)20-9-17(5-8-26-20)24(30)13-25-14-24/h3-5,8-12,25,30H,2,6-7,13-15H2,1H3. The van der Waals surface area contributed by atoms with Crippen LogP contribution in [0.5, 0.6) is 0 Å². The summed E-state index contributed by atoms with van der Waals surface area (Å²) in [6, 6.07) is 9.18. The van der Waals surface area contributed by atoms with E-state index in [-0.39, 0.29) is 11.2 Å². The van der Waals surface area contributed by atoms with Gasteiger partial charge in [0.1, 0.15) is 5.60 Å². The first kappa shape index (κ1) is 20.7. The first-order valence-corrected chi connectivity index (χ1v) is 12.9. The molecule has 1 saturated heterocycles. The van der Waals surface area contributed by atoms with Crippen LogP contribution in [0.2, 0.25) is 0 Å². The second-order valence-electron chi connectivity index (χ2n) is 9.29. The van der Waals surface area contributed by atoms with Crippen molar-refractivity contribution in [3.63, 3.8) is 0 Å². The molecule has 33 heavy (non-hydrogen) atoms. The number of benzene rings is 1. The molecule has 2 aliphatic heterocycles. The lowest BCUT2D eigenvalue weighted by Gasteiger charge is -2.38. The number of rotatable bonds is 5. The van der Waals surface area contributed by atoms with E-state index in [1.54, 1.807) is 37.6 Å². The molecule has 1 aromatic carbocycles. The van der Waals surface area contributed by atoms with Crippen LogP contribution >= 0.6 is 0 Å². The van der Waals surface area contributed by atoms with Gasteiger partial charge in [0.05, 0.1) is 16.3 Å². The summed E-state index contributed by atoms with van der Waals surface area (Å²) in [6.45, 7) is 3.47. The largest absolute Gasteiger partial charge is 0.382 e. The van der Waals surface area contributed by atoms with Crippen LogP contribution in [-0.4, -0.2) is 53.9 Å². The monoisotopic (exact) mass is 463 g/mol. The lowest BCUT2D eigenvalue weighted by atomic mass is 9.88. The van der Waals surface area contributed by atoms with Gasteiger partial charge in [-0.2, -0.15) is 0 Å². The highest BCUT2D eigenvalue weighted by atomic mass is 32.2. The van der Waals surface area contributed by atoms with Crippen molar-refractivity contribution < 1.29 is 13.5 Å². The predicted molar refractivity (Wildman–Crippen MR) is 124 cm³/mol. The zero-order chi connectivity index (χ0) is 22.8. The third-order valence-electron chi connectivity index (χ3n) is 7.19. The van der Waals surface area contributed by atoms with Gasteiger partial charge < -0.3 is 15.3 Å². The Balaban J connectivity index is 1.34. The molecular weight excluding hydrogens is 438 g/mol. The van der Waals surface area contributed by atoms with E-state index in [1.807, 2.05) is 23.1 Å². The summed E-state index contributed by atoms with van der Waals surface area (Å²) in [4.78, 5) is 16.0. The maximum Gasteiger partial charge on any atom is 0.229 e. The molecule has 170 valence electrons. The average Bonchev–Trinajstić information content (AvgIpc) is 3.54. The molecule has 0 bridgehead atoms. The van der Waals surface area contributed by atoms with Crippen molar-refractivity contribution in [3.05, 3.63) is 60.0 Å². The Morgan fingerprint density at radius 3 is 2.48 bits per heavy atom. The Hall–Kier alpha value is -2.88. The van der Waals surface area contributed by atoms with E-state index in [9.17, 15) is 13.5 Å². The van der Waals surface area contributed by atoms with E-state index < -0.39 is 15.4 Å². The summed E-state index contributed by atoms with van der Waals surface area (Å²) in [7, 11) is -3.30. The molecule has 6 rings (SSSR count). The molecule has 1 spiro atoms. The minimum atomic E-state index is -3.30. The molecule has 2 fully saturated rings. The van der Waals surface area contributed by atoms with Gasteiger partial charge in [-0.1, -0.05) is 13.0 Å². The van der Waals surface area contributed by atoms with Crippen LogP contribution in [0.15, 0.2) is 53.8 Å². The number of fused-ring (bicyclic) bond motifs is 2. The summed E-state index contributed by atoms with van der Waals surface area (Å²) in [5, 5.41) is 13.7. The first-order valence-electron chi connectivity index (χ1n) is 11.2. The van der Waals surface area contributed by atoms with Crippen LogP contribution in [0.1, 0.15) is 30.9 Å². The fraction of sp³-hybridized carbons (Fsp3) is 0.375. The molecule has 0 amide bonds. The molecule has 0 atom stereocenters. The van der Waals surface area contributed by atoms with Crippen molar-refractivity contribution >= 4 is 21.5 Å². The molecular formula is C24H25N5O3S. The summed E-state index contributed by atoms with van der Waals surface area (Å²) in [6.07, 6.45) is 7.34. The Labute approximate surface area is 192 Å². The second-order valence-corrected chi connectivity index (χ2v) is 11.6. The van der Waals surface area contributed by atoms with Crippen LogP contribution in [0.4, 0.5) is 11.6 Å². The SMILES string of the molecule is CCS(=O)(=O)c1ccc2c(c1)N(c1ncc(-c3cc(C4(O)CNC4)ccn3)cn1)CC21CC1. The van der Waals surface area contributed by atoms with Crippen LogP contribution in [0, 0.1) is 0 Å². The maximum absolute atomic E-state index is 12.5. The highest BCUT2D eigenvalue weighted by Crippen LogP contribution is 2.58. The number of nitrogens with zero attached hydrogens (tertiary/aromatic N) is 4. The number of anilines is 2. The lowest BCUT2D eigenvalue weighted by Crippen LogP contribution is -2.56. The number of nitrogens with one attached hydrogen (secondary N) is 1. The minimum Gasteiger partial charge on any atom is -0.382 e. The molecule has 2 aromatic heterocycles. The van der Waals surface area contributed by atoms with Crippen molar-refractivity contribution in [2.75, 3.05) is 30.3 Å². The number of pyridine rings is 1. The maximum atomic E-state index is 12.5. The predicted octanol–water partition coefficient (Wildman–Crippen LogP) is 2.31. The smallest absolute Gasteiger partial charge is 0.229 e. The van der Waals surface area contributed by atoms with Gasteiger partial charge in [-0.25, -0.2) is 18.4 Å². The highest BCUT2D eigenvalue weighted by Gasteiger charge is 2.52. The van der Waals surface area contributed by atoms with E-state index in [1.165, 1.54) is 5.56 Å². The van der Waals surface area contributed by atoms with E-state index in [0.717, 1.165) is 36.2 Å². The molecule has 4 heterocycles. The van der Waals surface area contributed by atoms with Gasteiger partial charge in [0.15, 0.2) is 9.84 Å². The van der Waals surface area contributed by atoms with Crippen LogP contribution in [-0.2, 0) is 20.9 Å². The van der Waals surface area contributed by atoms with Crippen molar-refractivity contribution in [3.8, 4) is 11.3 Å². The van der Waals surface area contributed by atoms with Crippen molar-refractivity contribution in [1.82, 2.24) is 20.3 Å². The molecule has 0 unspecified atom stereocenters. The lowest BCUT2D eigenvalue weighted by molar-refractivity contribution is -0.0146. The fourth-order valence-corrected chi connectivity index (χ4v) is 5.71. The second kappa shape index (κ2) is 7.06. The summed E-state index contributed by atoms with van der Waals surface area (Å²) < 4.78 is 24.9. The van der Waals surface area contributed by atoms with Crippen LogP contribution < -0.4 is 10.2 Å². The van der Waals surface area contributed by atoms with Gasteiger partial charge in [0, 0.05) is 54.9 Å². The number of hydrogen-bond donors (Lipinski definition) is 2. The molecule has 9 heteroatoms. The number of aliphatic hydroxyl groups is 1. The van der Waals surface area contributed by atoms with Gasteiger partial charge in [0.2, 0.25) is 5.95 Å². The van der Waals surface area contributed by atoms with Crippen LogP contribution in [0.25, 0.3) is 11.3 Å². The number of hydrogen-bond acceptors (Lipinski definition) is 8. The van der Waals surface area contributed by atoms with Crippen molar-refractivity contribution in [2.24, 2.45) is 0 Å². The third kappa shape index (κ3) is 3.25. The molecule has 1 saturated carbocycles. The first-order chi connectivity index (χ1) is 15.8. The quantitative estimate of drug-likeness (QED) is 0.594. The number of β-amino-alcohol motifs (C(OH)–C–C–N with tert-alkyl or cyclic N) is 1. The number of sulfone groups is 1. The summed E-state index contributed by atoms with van der Waals surface area (Å²) in [5.41, 5.74) is 3.58. The van der Waals surface area contributed by atoms with Gasteiger partial charge in [-0.15, -0.1) is 0 Å². The van der Waals surface area contributed by atoms with Crippen LogP contribution in [0.3, 0.4) is 0 Å². The number of aromatic nitrogens is 3. The zero-order valence-electron chi connectivity index (χ0n) is 18.3. The molecule has 2 N–H and O–H groups in total. The van der Waals surface area contributed by atoms with E-state index in [4.69, 9.17) is 0 Å². The Bertz CT molecular complexity index is 1350. The van der Waals surface area contributed by atoms with Gasteiger partial charge in [-0.05, 0) is 48.2 Å². The molecule has 3 aliphatic rings. The Morgan fingerprint density at radius 2 is 1.85 bits per heavy atom. The van der Waals surface area contributed by atoms with Crippen molar-refractivity contribution in [1.29, 1.82) is 0 Å². The van der Waals surface area contributed by atoms with E-state index in [2.05, 4.69) is 20.3 Å². The normalized spacial score (nSPS) is 19.9. The minimum absolute atomic E-state index is 0.0688. The average molecular weight is 464 g/mol. The summed E-state index contributed by atoms with van der Waals surface area (Å²) in [5.74, 6) is 0.618. The van der Waals surface area contributed by atoms with E-state index in [0.29, 0.717) is 29.6 Å². The Kier molecular flexibility index (Phi) is 4.43.